The fourth-order valence-electron chi connectivity index (χ4n) is 11.3. The molecule has 0 fully saturated rings. The molecule has 2 aliphatic carbocycles. The molecule has 0 bridgehead atoms. The Bertz CT molecular complexity index is 3580. The highest BCUT2D eigenvalue weighted by atomic mass is 15.1. The summed E-state index contributed by atoms with van der Waals surface area (Å²) in [4.78, 5) is 2.45. The van der Waals surface area contributed by atoms with Crippen LogP contribution in [0.1, 0.15) is 22.3 Å². The number of nitrogens with zero attached hydrogens (tertiary/aromatic N) is 1. The summed E-state index contributed by atoms with van der Waals surface area (Å²) in [5.74, 6) is 0. The Kier molecular flexibility index (Phi) is 8.82. The molecule has 66 heavy (non-hydrogen) atoms. The zero-order valence-electron chi connectivity index (χ0n) is 36.3. The minimum atomic E-state index is -0.440. The highest BCUT2D eigenvalue weighted by Crippen LogP contribution is 2.63. The van der Waals surface area contributed by atoms with Gasteiger partial charge in [0.15, 0.2) is 0 Å². The molecule has 0 amide bonds. The molecular weight excluding hydrogens is 795 g/mol. The van der Waals surface area contributed by atoms with E-state index >= 15 is 0 Å². The van der Waals surface area contributed by atoms with E-state index in [2.05, 4.69) is 266 Å². The maximum atomic E-state index is 2.49. The summed E-state index contributed by atoms with van der Waals surface area (Å²) in [5.41, 5.74) is 23.1. The zero-order valence-corrected chi connectivity index (χ0v) is 36.3. The summed E-state index contributed by atoms with van der Waals surface area (Å²) in [7, 11) is 0. The van der Waals surface area contributed by atoms with Crippen LogP contribution in [0.25, 0.3) is 77.5 Å². The second kappa shape index (κ2) is 15.3. The fourth-order valence-corrected chi connectivity index (χ4v) is 11.3. The summed E-state index contributed by atoms with van der Waals surface area (Å²) >= 11 is 0. The quantitative estimate of drug-likeness (QED) is 0.155. The highest BCUT2D eigenvalue weighted by Gasteiger charge is 2.51. The first-order valence-corrected chi connectivity index (χ1v) is 22.9. The Labute approximate surface area is 386 Å². The topological polar surface area (TPSA) is 3.24 Å². The molecule has 308 valence electrons. The molecule has 1 nitrogen and oxygen atoms in total. The number of fused-ring (bicyclic) bond motifs is 11. The number of hydrogen-bond donors (Lipinski definition) is 0. The first kappa shape index (κ1) is 38.0. The number of rotatable bonds is 7. The van der Waals surface area contributed by atoms with Crippen molar-refractivity contribution in [3.8, 4) is 66.8 Å². The predicted molar refractivity (Wildman–Crippen MR) is 277 cm³/mol. The van der Waals surface area contributed by atoms with Crippen LogP contribution in [0.15, 0.2) is 261 Å². The van der Waals surface area contributed by atoms with Crippen molar-refractivity contribution in [3.63, 3.8) is 0 Å². The van der Waals surface area contributed by atoms with E-state index in [4.69, 9.17) is 0 Å². The van der Waals surface area contributed by atoms with E-state index < -0.39 is 5.41 Å². The average molecular weight is 838 g/mol. The molecule has 0 atom stereocenters. The minimum Gasteiger partial charge on any atom is -0.310 e. The Morgan fingerprint density at radius 1 is 0.227 bits per heavy atom. The van der Waals surface area contributed by atoms with Crippen molar-refractivity contribution in [2.24, 2.45) is 0 Å². The third-order valence-electron chi connectivity index (χ3n) is 14.1. The molecule has 11 aromatic carbocycles. The second-order valence-electron chi connectivity index (χ2n) is 17.5. The van der Waals surface area contributed by atoms with E-state index in [1.807, 2.05) is 0 Å². The van der Waals surface area contributed by atoms with Gasteiger partial charge < -0.3 is 4.90 Å². The van der Waals surface area contributed by atoms with E-state index in [0.717, 1.165) is 22.6 Å². The van der Waals surface area contributed by atoms with Crippen LogP contribution in [0.5, 0.6) is 0 Å². The maximum Gasteiger partial charge on any atom is 0.0726 e. The van der Waals surface area contributed by atoms with E-state index in [-0.39, 0.29) is 0 Å². The largest absolute Gasteiger partial charge is 0.310 e. The zero-order chi connectivity index (χ0) is 43.6. The van der Waals surface area contributed by atoms with Crippen LogP contribution < -0.4 is 4.90 Å². The van der Waals surface area contributed by atoms with Gasteiger partial charge in [0.1, 0.15) is 0 Å². The minimum absolute atomic E-state index is 0.440. The molecule has 0 aliphatic heterocycles. The molecule has 11 aromatic rings. The lowest BCUT2D eigenvalue weighted by molar-refractivity contribution is 0.793. The second-order valence-corrected chi connectivity index (χ2v) is 17.5. The Balaban J connectivity index is 1.01. The molecule has 13 rings (SSSR count). The standard InChI is InChI=1S/C65H43N/c1-3-19-45(20-4-1)52-24-9-10-28-59(52)64-53(46-21-5-2-6-22-46)29-17-30-54(64)47-35-37-49(38-36-47)66(50-39-34-44-18-7-8-23-48(44)42-50)51-40-41-58-57-27-13-16-33-62(57)65(63(58)43-51)60-31-14-11-25-55(60)56-26-12-15-32-61(56)65/h1-43H. The van der Waals surface area contributed by atoms with Gasteiger partial charge in [0.05, 0.1) is 5.41 Å². The Morgan fingerprint density at radius 2 is 0.636 bits per heavy atom. The van der Waals surface area contributed by atoms with Crippen LogP contribution in [-0.2, 0) is 5.41 Å². The number of hydrogen-bond acceptors (Lipinski definition) is 1. The SMILES string of the molecule is c1ccc(-c2ccccc2-c2c(-c3ccccc3)cccc2-c2ccc(N(c3ccc4c(c3)C3(c5ccccc5-c5ccccc53)c3ccccc3-4)c3ccc4ccccc4c3)cc2)cc1. The van der Waals surface area contributed by atoms with Gasteiger partial charge in [-0.3, -0.25) is 0 Å². The van der Waals surface area contributed by atoms with Crippen molar-refractivity contribution in [3.05, 3.63) is 283 Å². The molecule has 1 heteroatoms. The average Bonchev–Trinajstić information content (AvgIpc) is 3.86. The molecule has 0 saturated heterocycles. The van der Waals surface area contributed by atoms with Gasteiger partial charge in [0.2, 0.25) is 0 Å². The van der Waals surface area contributed by atoms with E-state index in [1.54, 1.807) is 0 Å². The van der Waals surface area contributed by atoms with Gasteiger partial charge in [-0.05, 0) is 136 Å². The van der Waals surface area contributed by atoms with Gasteiger partial charge in [-0.15, -0.1) is 0 Å². The van der Waals surface area contributed by atoms with Gasteiger partial charge in [-0.25, -0.2) is 0 Å². The first-order chi connectivity index (χ1) is 32.8. The molecule has 0 aromatic heterocycles. The van der Waals surface area contributed by atoms with Crippen LogP contribution in [0.4, 0.5) is 17.1 Å². The summed E-state index contributed by atoms with van der Waals surface area (Å²) in [6.07, 6.45) is 0. The molecule has 0 saturated carbocycles. The Hall–Kier alpha value is -8.52. The van der Waals surface area contributed by atoms with Crippen LogP contribution in [0, 0.1) is 0 Å². The molecule has 0 heterocycles. The predicted octanol–water partition coefficient (Wildman–Crippen LogP) is 17.3. The van der Waals surface area contributed by atoms with Crippen LogP contribution >= 0.6 is 0 Å². The summed E-state index contributed by atoms with van der Waals surface area (Å²) in [5, 5.41) is 2.43. The van der Waals surface area contributed by atoms with Gasteiger partial charge in [-0.1, -0.05) is 224 Å². The number of benzene rings is 11. The van der Waals surface area contributed by atoms with E-state index in [0.29, 0.717) is 0 Å². The van der Waals surface area contributed by atoms with Gasteiger partial charge in [0.25, 0.3) is 0 Å². The van der Waals surface area contributed by atoms with Gasteiger partial charge in [-0.2, -0.15) is 0 Å². The lowest BCUT2D eigenvalue weighted by Crippen LogP contribution is -2.26. The monoisotopic (exact) mass is 837 g/mol. The molecule has 2 aliphatic rings. The van der Waals surface area contributed by atoms with Crippen molar-refractivity contribution >= 4 is 27.8 Å². The first-order valence-electron chi connectivity index (χ1n) is 22.9. The third-order valence-corrected chi connectivity index (χ3v) is 14.1. The van der Waals surface area contributed by atoms with Crippen LogP contribution in [0.3, 0.4) is 0 Å². The summed E-state index contributed by atoms with van der Waals surface area (Å²) in [6, 6.07) is 96.3. The lowest BCUT2D eigenvalue weighted by atomic mass is 9.70. The Morgan fingerprint density at radius 3 is 1.24 bits per heavy atom. The van der Waals surface area contributed by atoms with Crippen LogP contribution in [0.2, 0.25) is 0 Å². The lowest BCUT2D eigenvalue weighted by Gasteiger charge is -2.32. The maximum absolute atomic E-state index is 2.49. The van der Waals surface area contributed by atoms with E-state index in [1.165, 1.54) is 94.2 Å². The highest BCUT2D eigenvalue weighted by molar-refractivity contribution is 6.01. The van der Waals surface area contributed by atoms with Crippen molar-refractivity contribution in [1.82, 2.24) is 0 Å². The molecule has 0 N–H and O–H groups in total. The van der Waals surface area contributed by atoms with Crippen LogP contribution in [-0.4, -0.2) is 0 Å². The summed E-state index contributed by atoms with van der Waals surface area (Å²) in [6.45, 7) is 0. The van der Waals surface area contributed by atoms with Crippen molar-refractivity contribution in [1.29, 1.82) is 0 Å². The third kappa shape index (κ3) is 5.80. The summed E-state index contributed by atoms with van der Waals surface area (Å²) < 4.78 is 0. The molecule has 1 spiro atoms. The van der Waals surface area contributed by atoms with Crippen molar-refractivity contribution in [2.45, 2.75) is 5.41 Å². The molecule has 0 radical (unpaired) electrons. The normalized spacial score (nSPS) is 12.7. The molecule has 0 unspecified atom stereocenters. The smallest absolute Gasteiger partial charge is 0.0726 e. The van der Waals surface area contributed by atoms with Gasteiger partial charge in [0, 0.05) is 17.1 Å². The van der Waals surface area contributed by atoms with Crippen molar-refractivity contribution < 1.29 is 0 Å². The molecular formula is C65H43N. The fraction of sp³-hybridized carbons (Fsp3) is 0.0154. The number of anilines is 3. The van der Waals surface area contributed by atoms with Gasteiger partial charge >= 0.3 is 0 Å². The van der Waals surface area contributed by atoms with Crippen molar-refractivity contribution in [2.75, 3.05) is 4.90 Å². The van der Waals surface area contributed by atoms with E-state index in [9.17, 15) is 0 Å².